The monoisotopic (exact) mass is 502 g/mol. The van der Waals surface area contributed by atoms with Gasteiger partial charge in [-0.05, 0) is 57.1 Å². The van der Waals surface area contributed by atoms with Crippen LogP contribution in [0.1, 0.15) is 50.6 Å². The summed E-state index contributed by atoms with van der Waals surface area (Å²) >= 11 is 0. The fraction of sp³-hybridized carbons (Fsp3) is 0.600. The van der Waals surface area contributed by atoms with Crippen LogP contribution in [0.5, 0.6) is 11.6 Å². The first kappa shape index (κ1) is 25.7. The third-order valence-electron chi connectivity index (χ3n) is 7.00. The lowest BCUT2D eigenvalue weighted by Gasteiger charge is -2.33. The van der Waals surface area contributed by atoms with Crippen molar-refractivity contribution in [1.82, 2.24) is 19.7 Å². The number of hydrogen-bond acceptors (Lipinski definition) is 8. The van der Waals surface area contributed by atoms with Gasteiger partial charge in [0.25, 0.3) is 5.88 Å². The van der Waals surface area contributed by atoms with Crippen LogP contribution in [-0.4, -0.2) is 74.3 Å². The Morgan fingerprint density at radius 2 is 1.97 bits per heavy atom. The normalized spacial score (nSPS) is 19.9. The summed E-state index contributed by atoms with van der Waals surface area (Å²) in [5, 5.41) is 23.0. The average Bonchev–Trinajstić information content (AvgIpc) is 3.21. The maximum atomic E-state index is 12.5. The second-order valence-electron chi connectivity index (χ2n) is 9.39. The van der Waals surface area contributed by atoms with Gasteiger partial charge in [-0.2, -0.15) is 5.10 Å². The standard InChI is InChI=1S/C25H34N4O7/c1-28(17-6-4-7-17)25(33)35-15-21-19(14-26-29(21)2)20-9-10-22(23(27-20)34-12-11-30)36-18-8-3-5-16(13-18)24(31)32/h9-10,14,16-18,30H,3-8,11-13,15H2,1-2H3,(H,31,32)/t16-,18?/m0/s1. The van der Waals surface area contributed by atoms with Crippen molar-refractivity contribution >= 4 is 12.1 Å². The van der Waals surface area contributed by atoms with Crippen LogP contribution < -0.4 is 9.47 Å². The number of aromatic nitrogens is 3. The number of hydrogen-bond donors (Lipinski definition) is 2. The molecule has 2 aliphatic carbocycles. The van der Waals surface area contributed by atoms with Crippen molar-refractivity contribution in [3.8, 4) is 22.9 Å². The molecule has 1 amide bonds. The Labute approximate surface area is 210 Å². The van der Waals surface area contributed by atoms with E-state index < -0.39 is 11.9 Å². The van der Waals surface area contributed by atoms with Crippen molar-refractivity contribution in [2.24, 2.45) is 13.0 Å². The molecule has 2 N–H and O–H groups in total. The molecule has 0 aromatic carbocycles. The van der Waals surface area contributed by atoms with Gasteiger partial charge in [0, 0.05) is 25.7 Å². The van der Waals surface area contributed by atoms with E-state index in [0.29, 0.717) is 35.5 Å². The number of aliphatic hydroxyl groups excluding tert-OH is 1. The van der Waals surface area contributed by atoms with E-state index >= 15 is 0 Å². The molecule has 1 unspecified atom stereocenters. The molecule has 36 heavy (non-hydrogen) atoms. The number of rotatable bonds is 10. The van der Waals surface area contributed by atoms with Crippen molar-refractivity contribution in [1.29, 1.82) is 0 Å². The number of amides is 1. The quantitative estimate of drug-likeness (QED) is 0.502. The molecule has 2 aromatic heterocycles. The van der Waals surface area contributed by atoms with Crippen molar-refractivity contribution < 1.29 is 34.0 Å². The average molecular weight is 503 g/mol. The molecule has 2 fully saturated rings. The van der Waals surface area contributed by atoms with Gasteiger partial charge >= 0.3 is 12.1 Å². The minimum absolute atomic E-state index is 0.0280. The molecular weight excluding hydrogens is 468 g/mol. The molecule has 0 aliphatic heterocycles. The Hall–Kier alpha value is -3.34. The molecule has 2 heterocycles. The fourth-order valence-electron chi connectivity index (χ4n) is 4.57. The lowest BCUT2D eigenvalue weighted by molar-refractivity contribution is -0.143. The number of carboxylic acids is 1. The Kier molecular flexibility index (Phi) is 8.29. The van der Waals surface area contributed by atoms with Crippen LogP contribution in [0.3, 0.4) is 0 Å². The highest BCUT2D eigenvalue weighted by Crippen LogP contribution is 2.35. The molecule has 2 atom stereocenters. The molecule has 2 aliphatic rings. The second kappa shape index (κ2) is 11.6. The van der Waals surface area contributed by atoms with Crippen molar-refractivity contribution in [2.45, 2.75) is 63.7 Å². The number of aliphatic hydroxyl groups is 1. The van der Waals surface area contributed by atoms with Crippen LogP contribution in [0.15, 0.2) is 18.3 Å². The van der Waals surface area contributed by atoms with Crippen LogP contribution in [0.25, 0.3) is 11.3 Å². The van der Waals surface area contributed by atoms with Gasteiger partial charge in [0.2, 0.25) is 0 Å². The van der Waals surface area contributed by atoms with Gasteiger partial charge in [0.1, 0.15) is 13.2 Å². The summed E-state index contributed by atoms with van der Waals surface area (Å²) in [5.74, 6) is -0.642. The van der Waals surface area contributed by atoms with Crippen molar-refractivity contribution in [2.75, 3.05) is 20.3 Å². The molecule has 0 spiro atoms. The number of ether oxygens (including phenoxy) is 3. The summed E-state index contributed by atoms with van der Waals surface area (Å²) in [6, 6.07) is 3.73. The molecule has 2 aromatic rings. The van der Waals surface area contributed by atoms with E-state index in [1.807, 2.05) is 0 Å². The van der Waals surface area contributed by atoms with Gasteiger partial charge in [-0.3, -0.25) is 9.48 Å². The number of nitrogens with zero attached hydrogens (tertiary/aromatic N) is 4. The first-order valence-corrected chi connectivity index (χ1v) is 12.4. The smallest absolute Gasteiger partial charge is 0.410 e. The molecule has 4 rings (SSSR count). The number of aliphatic carboxylic acids is 1. The first-order valence-electron chi connectivity index (χ1n) is 12.4. The van der Waals surface area contributed by atoms with E-state index in [4.69, 9.17) is 14.2 Å². The van der Waals surface area contributed by atoms with E-state index in [9.17, 15) is 19.8 Å². The largest absolute Gasteiger partial charge is 0.485 e. The number of carbonyl (C=O) groups is 2. The molecule has 0 bridgehead atoms. The Morgan fingerprint density at radius 3 is 2.67 bits per heavy atom. The van der Waals surface area contributed by atoms with Crippen molar-refractivity contribution in [3.63, 3.8) is 0 Å². The highest BCUT2D eigenvalue weighted by atomic mass is 16.6. The van der Waals surface area contributed by atoms with E-state index in [1.54, 1.807) is 42.0 Å². The fourth-order valence-corrected chi connectivity index (χ4v) is 4.57. The van der Waals surface area contributed by atoms with Gasteiger partial charge in [-0.15, -0.1) is 0 Å². The van der Waals surface area contributed by atoms with E-state index in [0.717, 1.165) is 32.1 Å². The number of carboxylic acid groups (broad SMARTS) is 1. The van der Waals surface area contributed by atoms with Crippen LogP contribution in [0.4, 0.5) is 4.79 Å². The summed E-state index contributed by atoms with van der Waals surface area (Å²) in [4.78, 5) is 30.1. The second-order valence-corrected chi connectivity index (χ2v) is 9.39. The Balaban J connectivity index is 1.51. The first-order chi connectivity index (χ1) is 17.4. The topological polar surface area (TPSA) is 136 Å². The Bertz CT molecular complexity index is 1070. The predicted molar refractivity (Wildman–Crippen MR) is 129 cm³/mol. The van der Waals surface area contributed by atoms with Crippen molar-refractivity contribution in [3.05, 3.63) is 24.0 Å². The maximum absolute atomic E-state index is 12.5. The minimum Gasteiger partial charge on any atom is -0.485 e. The number of carbonyl (C=O) groups excluding carboxylic acids is 1. The number of pyridine rings is 1. The molecule has 0 radical (unpaired) electrons. The zero-order valence-electron chi connectivity index (χ0n) is 20.8. The van der Waals surface area contributed by atoms with E-state index in [1.165, 1.54) is 0 Å². The highest BCUT2D eigenvalue weighted by molar-refractivity contribution is 5.70. The van der Waals surface area contributed by atoms with Crippen LogP contribution in [-0.2, 0) is 23.2 Å². The third-order valence-corrected chi connectivity index (χ3v) is 7.00. The highest BCUT2D eigenvalue weighted by Gasteiger charge is 2.30. The minimum atomic E-state index is -0.808. The summed E-state index contributed by atoms with van der Waals surface area (Å²) in [5.41, 5.74) is 1.91. The molecule has 2 saturated carbocycles. The zero-order valence-corrected chi connectivity index (χ0v) is 20.8. The van der Waals surface area contributed by atoms with Crippen LogP contribution >= 0.6 is 0 Å². The van der Waals surface area contributed by atoms with Gasteiger partial charge in [-0.25, -0.2) is 9.78 Å². The van der Waals surface area contributed by atoms with E-state index in [2.05, 4.69) is 10.1 Å². The predicted octanol–water partition coefficient (Wildman–Crippen LogP) is 3.00. The lowest BCUT2D eigenvalue weighted by Crippen LogP contribution is -2.41. The van der Waals surface area contributed by atoms with Gasteiger partial charge < -0.3 is 29.3 Å². The van der Waals surface area contributed by atoms with Gasteiger partial charge in [-0.1, -0.05) is 0 Å². The van der Waals surface area contributed by atoms with Crippen LogP contribution in [0.2, 0.25) is 0 Å². The number of aryl methyl sites for hydroxylation is 1. The molecule has 0 saturated heterocycles. The van der Waals surface area contributed by atoms with Gasteiger partial charge in [0.05, 0.1) is 36.2 Å². The SMILES string of the molecule is CN(C(=O)OCc1c(-c2ccc(OC3CCC[C@H](C(=O)O)C3)c(OCCO)n2)cnn1C)C1CCC1. The summed E-state index contributed by atoms with van der Waals surface area (Å²) in [6.45, 7) is -0.133. The summed E-state index contributed by atoms with van der Waals surface area (Å²) in [6.07, 6.45) is 6.72. The van der Waals surface area contributed by atoms with E-state index in [-0.39, 0.29) is 43.9 Å². The van der Waals surface area contributed by atoms with Gasteiger partial charge in [0.15, 0.2) is 5.75 Å². The van der Waals surface area contributed by atoms with Crippen LogP contribution in [0, 0.1) is 5.92 Å². The molecular formula is C25H34N4O7. The maximum Gasteiger partial charge on any atom is 0.410 e. The molecule has 11 heteroatoms. The zero-order chi connectivity index (χ0) is 25.7. The molecule has 196 valence electrons. The Morgan fingerprint density at radius 1 is 1.19 bits per heavy atom. The lowest BCUT2D eigenvalue weighted by atomic mass is 9.87. The third kappa shape index (κ3) is 5.89. The summed E-state index contributed by atoms with van der Waals surface area (Å²) in [7, 11) is 3.53. The molecule has 11 nitrogen and oxygen atoms in total. The summed E-state index contributed by atoms with van der Waals surface area (Å²) < 4.78 is 19.0.